The predicted octanol–water partition coefficient (Wildman–Crippen LogP) is 3.59. The first-order valence-corrected chi connectivity index (χ1v) is 12.1. The molecule has 6 nitrogen and oxygen atoms in total. The van der Waals surface area contributed by atoms with Gasteiger partial charge in [-0.25, -0.2) is 18.1 Å². The van der Waals surface area contributed by atoms with Crippen LogP contribution >= 0.6 is 23.4 Å². The molecule has 0 spiro atoms. The monoisotopic (exact) mass is 449 g/mol. The third kappa shape index (κ3) is 6.43. The molecule has 3 rings (SSSR count). The second kappa shape index (κ2) is 9.58. The number of hydrogen-bond acceptors (Lipinski definition) is 5. The van der Waals surface area contributed by atoms with Crippen LogP contribution in [0.1, 0.15) is 15.9 Å². The van der Waals surface area contributed by atoms with E-state index in [1.807, 2.05) is 41.1 Å². The number of rotatable bonds is 9. The summed E-state index contributed by atoms with van der Waals surface area (Å²) in [6.07, 6.45) is 5.21. The highest BCUT2D eigenvalue weighted by Gasteiger charge is 2.11. The molecular formula is C20H20ClN3O3S2. The Balaban J connectivity index is 1.58. The second-order valence-corrected chi connectivity index (χ2v) is 9.60. The van der Waals surface area contributed by atoms with Crippen LogP contribution in [0.3, 0.4) is 0 Å². The molecule has 0 amide bonds. The van der Waals surface area contributed by atoms with Crippen molar-refractivity contribution in [2.75, 3.05) is 18.6 Å². The fourth-order valence-electron chi connectivity index (χ4n) is 2.67. The molecule has 9 heteroatoms. The Hall–Kier alpha value is -2.13. The van der Waals surface area contributed by atoms with Crippen LogP contribution in [0.2, 0.25) is 5.02 Å². The minimum atomic E-state index is -3.19. The van der Waals surface area contributed by atoms with E-state index in [-0.39, 0.29) is 11.5 Å². The van der Waals surface area contributed by atoms with Crippen LogP contribution in [-0.2, 0) is 16.4 Å². The Morgan fingerprint density at radius 3 is 2.66 bits per heavy atom. The molecule has 0 aliphatic carbocycles. The van der Waals surface area contributed by atoms with E-state index in [1.165, 1.54) is 11.8 Å². The van der Waals surface area contributed by atoms with E-state index in [9.17, 15) is 13.2 Å². The third-order valence-corrected chi connectivity index (χ3v) is 6.01. The van der Waals surface area contributed by atoms with Gasteiger partial charge in [-0.15, -0.1) is 0 Å². The molecule has 0 unspecified atom stereocenters. The maximum atomic E-state index is 12.5. The molecule has 2 aromatic carbocycles. The molecule has 0 saturated carbocycles. The molecule has 1 heterocycles. The quantitative estimate of drug-likeness (QED) is 0.399. The summed E-state index contributed by atoms with van der Waals surface area (Å²) >= 11 is 7.42. The summed E-state index contributed by atoms with van der Waals surface area (Å²) in [6.45, 7) is 0.328. The SMILES string of the molecule is CS(=O)(=O)NCCc1ccc(C(=O)CSc2nccn2-c2cccc(Cl)c2)cc1. The minimum Gasteiger partial charge on any atom is -0.295 e. The van der Waals surface area contributed by atoms with E-state index in [0.717, 1.165) is 17.5 Å². The van der Waals surface area contributed by atoms with Gasteiger partial charge < -0.3 is 0 Å². The van der Waals surface area contributed by atoms with E-state index >= 15 is 0 Å². The molecule has 0 saturated heterocycles. The van der Waals surface area contributed by atoms with Crippen LogP contribution in [0.15, 0.2) is 66.1 Å². The van der Waals surface area contributed by atoms with Crippen molar-refractivity contribution in [3.8, 4) is 5.69 Å². The maximum Gasteiger partial charge on any atom is 0.208 e. The fourth-order valence-corrected chi connectivity index (χ4v) is 4.20. The molecule has 1 aromatic heterocycles. The first kappa shape index (κ1) is 21.6. The van der Waals surface area contributed by atoms with E-state index in [4.69, 9.17) is 11.6 Å². The lowest BCUT2D eigenvalue weighted by Crippen LogP contribution is -2.24. The summed E-state index contributed by atoms with van der Waals surface area (Å²) in [4.78, 5) is 16.9. The molecule has 29 heavy (non-hydrogen) atoms. The zero-order chi connectivity index (χ0) is 20.9. The van der Waals surface area contributed by atoms with Crippen molar-refractivity contribution in [3.05, 3.63) is 77.1 Å². The number of aromatic nitrogens is 2. The number of benzene rings is 2. The number of thioether (sulfide) groups is 1. The minimum absolute atomic E-state index is 0.00328. The number of hydrogen-bond donors (Lipinski definition) is 1. The van der Waals surface area contributed by atoms with Crippen molar-refractivity contribution >= 4 is 39.2 Å². The number of carbonyl (C=O) groups excluding carboxylic acids is 1. The van der Waals surface area contributed by atoms with Crippen LogP contribution in [0.5, 0.6) is 0 Å². The van der Waals surface area contributed by atoms with Crippen LogP contribution < -0.4 is 4.72 Å². The van der Waals surface area contributed by atoms with E-state index in [2.05, 4.69) is 9.71 Å². The van der Waals surface area contributed by atoms with Gasteiger partial charge in [-0.2, -0.15) is 0 Å². The highest BCUT2D eigenvalue weighted by Crippen LogP contribution is 2.23. The highest BCUT2D eigenvalue weighted by molar-refractivity contribution is 7.99. The van der Waals surface area contributed by atoms with Crippen molar-refractivity contribution in [3.63, 3.8) is 0 Å². The predicted molar refractivity (Wildman–Crippen MR) is 117 cm³/mol. The van der Waals surface area contributed by atoms with Crippen molar-refractivity contribution in [2.45, 2.75) is 11.6 Å². The van der Waals surface area contributed by atoms with Gasteiger partial charge in [0.05, 0.1) is 12.0 Å². The van der Waals surface area contributed by atoms with Crippen molar-refractivity contribution in [1.29, 1.82) is 0 Å². The number of imidazole rings is 1. The lowest BCUT2D eigenvalue weighted by Gasteiger charge is -2.08. The smallest absolute Gasteiger partial charge is 0.208 e. The summed E-state index contributed by atoms with van der Waals surface area (Å²) in [5.41, 5.74) is 2.46. The second-order valence-electron chi connectivity index (χ2n) is 6.38. The van der Waals surface area contributed by atoms with Gasteiger partial charge in [0, 0.05) is 35.2 Å². The normalized spacial score (nSPS) is 11.5. The Kier molecular flexibility index (Phi) is 7.13. The summed E-state index contributed by atoms with van der Waals surface area (Å²) in [6, 6.07) is 14.7. The first-order valence-electron chi connectivity index (χ1n) is 8.81. The molecule has 0 aliphatic heterocycles. The average molecular weight is 450 g/mol. The van der Waals surface area contributed by atoms with Gasteiger partial charge in [-0.05, 0) is 30.2 Å². The van der Waals surface area contributed by atoms with Gasteiger partial charge in [0.15, 0.2) is 10.9 Å². The fraction of sp³-hybridized carbons (Fsp3) is 0.200. The van der Waals surface area contributed by atoms with Gasteiger partial charge >= 0.3 is 0 Å². The molecule has 0 aliphatic rings. The number of nitrogens with one attached hydrogen (secondary N) is 1. The van der Waals surface area contributed by atoms with Crippen molar-refractivity contribution in [1.82, 2.24) is 14.3 Å². The highest BCUT2D eigenvalue weighted by atomic mass is 35.5. The Morgan fingerprint density at radius 1 is 1.21 bits per heavy atom. The van der Waals surface area contributed by atoms with E-state index in [0.29, 0.717) is 28.7 Å². The number of sulfonamides is 1. The third-order valence-electron chi connectivity index (χ3n) is 4.08. The standard InChI is InChI=1S/C20H20ClN3O3S2/c1-29(26,27)23-10-9-15-5-7-16(8-6-15)19(25)14-28-20-22-11-12-24(20)18-4-2-3-17(21)13-18/h2-8,11-13,23H,9-10,14H2,1H3. The summed E-state index contributed by atoms with van der Waals surface area (Å²) in [7, 11) is -3.19. The summed E-state index contributed by atoms with van der Waals surface area (Å²) in [5.74, 6) is 0.253. The Bertz CT molecular complexity index is 1100. The zero-order valence-electron chi connectivity index (χ0n) is 15.7. The zero-order valence-corrected chi connectivity index (χ0v) is 18.1. The van der Waals surface area contributed by atoms with Crippen LogP contribution in [-0.4, -0.2) is 42.3 Å². The molecule has 3 aromatic rings. The average Bonchev–Trinajstić information content (AvgIpc) is 3.14. The number of carbonyl (C=O) groups is 1. The van der Waals surface area contributed by atoms with E-state index < -0.39 is 10.0 Å². The van der Waals surface area contributed by atoms with Gasteiger partial charge in [-0.3, -0.25) is 9.36 Å². The molecule has 1 N–H and O–H groups in total. The number of halogens is 1. The van der Waals surface area contributed by atoms with Gasteiger partial charge in [-0.1, -0.05) is 53.7 Å². The molecule has 0 bridgehead atoms. The molecule has 152 valence electrons. The lowest BCUT2D eigenvalue weighted by molar-refractivity contribution is 0.102. The maximum absolute atomic E-state index is 12.5. The lowest BCUT2D eigenvalue weighted by atomic mass is 10.1. The molecular weight excluding hydrogens is 430 g/mol. The van der Waals surface area contributed by atoms with Crippen LogP contribution in [0.4, 0.5) is 0 Å². The number of nitrogens with zero attached hydrogens (tertiary/aromatic N) is 2. The molecule has 0 fully saturated rings. The van der Waals surface area contributed by atoms with Crippen molar-refractivity contribution in [2.24, 2.45) is 0 Å². The van der Waals surface area contributed by atoms with Crippen LogP contribution in [0.25, 0.3) is 5.69 Å². The molecule has 0 atom stereocenters. The Morgan fingerprint density at radius 2 is 1.97 bits per heavy atom. The topological polar surface area (TPSA) is 81.1 Å². The van der Waals surface area contributed by atoms with Crippen LogP contribution in [0, 0.1) is 0 Å². The largest absolute Gasteiger partial charge is 0.295 e. The summed E-state index contributed by atoms with van der Waals surface area (Å²) < 4.78 is 26.5. The summed E-state index contributed by atoms with van der Waals surface area (Å²) in [5, 5.41) is 1.35. The van der Waals surface area contributed by atoms with Crippen molar-refractivity contribution < 1.29 is 13.2 Å². The first-order chi connectivity index (χ1) is 13.8. The Labute approximate surface area is 179 Å². The van der Waals surface area contributed by atoms with Gasteiger partial charge in [0.25, 0.3) is 0 Å². The number of Topliss-reactive ketones (excluding diaryl/α,β-unsaturated/α-hetero) is 1. The van der Waals surface area contributed by atoms with Gasteiger partial charge in [0.1, 0.15) is 0 Å². The van der Waals surface area contributed by atoms with E-state index in [1.54, 1.807) is 24.4 Å². The number of ketones is 1. The van der Waals surface area contributed by atoms with Gasteiger partial charge in [0.2, 0.25) is 10.0 Å². The molecule has 0 radical (unpaired) electrons.